The number of nitrogens with zero attached hydrogens (tertiary/aromatic N) is 4. The monoisotopic (exact) mass is 434 g/mol. The molecule has 3 aromatic rings. The fraction of sp³-hybridized carbons (Fsp3) is 0.360. The minimum atomic E-state index is -0.246. The van der Waals surface area contributed by atoms with Crippen LogP contribution in [0.5, 0.6) is 0 Å². The van der Waals surface area contributed by atoms with E-state index in [0.29, 0.717) is 19.0 Å². The molecule has 2 aliphatic heterocycles. The number of oxazole rings is 1. The highest BCUT2D eigenvalue weighted by molar-refractivity contribution is 5.76. The molecule has 2 amide bonds. The molecule has 6 nitrogen and oxygen atoms in total. The van der Waals surface area contributed by atoms with Crippen molar-refractivity contribution in [2.75, 3.05) is 37.6 Å². The van der Waals surface area contributed by atoms with Crippen LogP contribution in [0.2, 0.25) is 0 Å². The molecule has 5 rings (SSSR count). The molecule has 7 heteroatoms. The van der Waals surface area contributed by atoms with Crippen molar-refractivity contribution in [1.29, 1.82) is 0 Å². The first-order chi connectivity index (χ1) is 15.6. The van der Waals surface area contributed by atoms with Crippen LogP contribution in [0, 0.1) is 12.7 Å². The number of hydrogen-bond acceptors (Lipinski definition) is 4. The number of hydrogen-bond donors (Lipinski definition) is 0. The zero-order valence-electron chi connectivity index (χ0n) is 18.2. The Bertz CT molecular complexity index is 1070. The van der Waals surface area contributed by atoms with Crippen LogP contribution in [0.4, 0.5) is 14.9 Å². The molecule has 32 heavy (non-hydrogen) atoms. The first-order valence-corrected chi connectivity index (χ1v) is 11.2. The standard InChI is InChI=1S/C25H27FN4O2/c1-18-27-17-24(32-18)20-6-10-22(11-7-20)28-13-15-29(16-14-28)25(31)30-12-2-3-23(30)19-4-8-21(26)9-5-19/h4-11,17,23H,2-3,12-16H2,1H3. The van der Waals surface area contributed by atoms with Crippen LogP contribution in [0.1, 0.15) is 30.3 Å². The summed E-state index contributed by atoms with van der Waals surface area (Å²) in [5.41, 5.74) is 3.16. The van der Waals surface area contributed by atoms with Crippen LogP contribution in [-0.2, 0) is 0 Å². The summed E-state index contributed by atoms with van der Waals surface area (Å²) in [6.07, 6.45) is 3.64. The molecule has 1 aromatic heterocycles. The largest absolute Gasteiger partial charge is 0.441 e. The maximum atomic E-state index is 13.3. The number of benzene rings is 2. The number of aromatic nitrogens is 1. The van der Waals surface area contributed by atoms with E-state index in [-0.39, 0.29) is 17.9 Å². The second-order valence-electron chi connectivity index (χ2n) is 8.45. The first-order valence-electron chi connectivity index (χ1n) is 11.2. The van der Waals surface area contributed by atoms with Crippen molar-refractivity contribution >= 4 is 11.7 Å². The lowest BCUT2D eigenvalue weighted by Gasteiger charge is -2.39. The number of aryl methyl sites for hydroxylation is 1. The van der Waals surface area contributed by atoms with Gasteiger partial charge in [-0.1, -0.05) is 12.1 Å². The summed E-state index contributed by atoms with van der Waals surface area (Å²) >= 11 is 0. The summed E-state index contributed by atoms with van der Waals surface area (Å²) in [6, 6.07) is 15.0. The molecule has 3 heterocycles. The summed E-state index contributed by atoms with van der Waals surface area (Å²) in [5, 5.41) is 0. The Hall–Kier alpha value is -3.35. The maximum absolute atomic E-state index is 13.3. The van der Waals surface area contributed by atoms with E-state index in [9.17, 15) is 9.18 Å². The van der Waals surface area contributed by atoms with Crippen molar-refractivity contribution in [2.24, 2.45) is 0 Å². The normalized spacial score (nSPS) is 18.9. The van der Waals surface area contributed by atoms with Gasteiger partial charge in [-0.25, -0.2) is 14.2 Å². The number of urea groups is 1. The van der Waals surface area contributed by atoms with E-state index in [1.165, 1.54) is 12.1 Å². The van der Waals surface area contributed by atoms with Gasteiger partial charge in [-0.05, 0) is 54.8 Å². The molecule has 1 unspecified atom stereocenters. The van der Waals surface area contributed by atoms with E-state index in [1.807, 2.05) is 28.9 Å². The van der Waals surface area contributed by atoms with E-state index in [1.54, 1.807) is 18.3 Å². The molecular formula is C25H27FN4O2. The number of halogens is 1. The van der Waals surface area contributed by atoms with Crippen LogP contribution >= 0.6 is 0 Å². The molecule has 166 valence electrons. The zero-order chi connectivity index (χ0) is 22.1. The van der Waals surface area contributed by atoms with Crippen LogP contribution in [0.3, 0.4) is 0 Å². The average Bonchev–Trinajstić information content (AvgIpc) is 3.49. The van der Waals surface area contributed by atoms with Gasteiger partial charge in [-0.2, -0.15) is 0 Å². The van der Waals surface area contributed by atoms with Crippen LogP contribution in [-0.4, -0.2) is 53.5 Å². The SMILES string of the molecule is Cc1ncc(-c2ccc(N3CCN(C(=O)N4CCCC4c4ccc(F)cc4)CC3)cc2)o1. The lowest BCUT2D eigenvalue weighted by molar-refractivity contribution is 0.145. The van der Waals surface area contributed by atoms with Gasteiger partial charge in [0.2, 0.25) is 0 Å². The van der Waals surface area contributed by atoms with Crippen LogP contribution < -0.4 is 4.90 Å². The van der Waals surface area contributed by atoms with Gasteiger partial charge in [0.1, 0.15) is 5.82 Å². The Morgan fingerprint density at radius 3 is 2.38 bits per heavy atom. The lowest BCUT2D eigenvalue weighted by Crippen LogP contribution is -2.52. The van der Waals surface area contributed by atoms with E-state index < -0.39 is 0 Å². The summed E-state index contributed by atoms with van der Waals surface area (Å²) in [4.78, 5) is 23.6. The number of amides is 2. The number of carbonyl (C=O) groups is 1. The molecule has 0 N–H and O–H groups in total. The summed E-state index contributed by atoms with van der Waals surface area (Å²) < 4.78 is 18.9. The summed E-state index contributed by atoms with van der Waals surface area (Å²) in [7, 11) is 0. The Labute approximate surface area is 187 Å². The highest BCUT2D eigenvalue weighted by Gasteiger charge is 2.34. The van der Waals surface area contributed by atoms with Crippen molar-refractivity contribution in [3.8, 4) is 11.3 Å². The van der Waals surface area contributed by atoms with Gasteiger partial charge >= 0.3 is 6.03 Å². The molecule has 0 saturated carbocycles. The van der Waals surface area contributed by atoms with E-state index >= 15 is 0 Å². The summed E-state index contributed by atoms with van der Waals surface area (Å²) in [6.45, 7) is 5.55. The second-order valence-corrected chi connectivity index (χ2v) is 8.45. The Morgan fingerprint density at radius 1 is 1.00 bits per heavy atom. The van der Waals surface area contributed by atoms with Crippen LogP contribution in [0.25, 0.3) is 11.3 Å². The van der Waals surface area contributed by atoms with Gasteiger partial charge in [-0.3, -0.25) is 0 Å². The topological polar surface area (TPSA) is 52.8 Å². The van der Waals surface area contributed by atoms with Crippen molar-refractivity contribution in [3.05, 3.63) is 72.0 Å². The maximum Gasteiger partial charge on any atom is 0.320 e. The van der Waals surface area contributed by atoms with Gasteiger partial charge in [0.05, 0.1) is 12.2 Å². The van der Waals surface area contributed by atoms with E-state index in [0.717, 1.165) is 55.1 Å². The van der Waals surface area contributed by atoms with Gasteiger partial charge < -0.3 is 19.1 Å². The van der Waals surface area contributed by atoms with Gasteiger partial charge in [0.25, 0.3) is 0 Å². The summed E-state index contributed by atoms with van der Waals surface area (Å²) in [5.74, 6) is 1.18. The highest BCUT2D eigenvalue weighted by Crippen LogP contribution is 2.33. The molecule has 2 aliphatic rings. The highest BCUT2D eigenvalue weighted by atomic mass is 19.1. The number of rotatable bonds is 3. The molecule has 1 atom stereocenters. The van der Waals surface area contributed by atoms with E-state index in [4.69, 9.17) is 4.42 Å². The van der Waals surface area contributed by atoms with Crippen molar-refractivity contribution in [1.82, 2.24) is 14.8 Å². The zero-order valence-corrected chi connectivity index (χ0v) is 18.2. The fourth-order valence-electron chi connectivity index (χ4n) is 4.70. The van der Waals surface area contributed by atoms with Gasteiger partial charge in [0, 0.05) is 50.9 Å². The molecular weight excluding hydrogens is 407 g/mol. The lowest BCUT2D eigenvalue weighted by atomic mass is 10.0. The fourth-order valence-corrected chi connectivity index (χ4v) is 4.70. The predicted octanol–water partition coefficient (Wildman–Crippen LogP) is 4.87. The predicted molar refractivity (Wildman–Crippen MR) is 121 cm³/mol. The van der Waals surface area contributed by atoms with E-state index in [2.05, 4.69) is 22.0 Å². The van der Waals surface area contributed by atoms with Crippen molar-refractivity contribution in [2.45, 2.75) is 25.8 Å². The molecule has 2 saturated heterocycles. The third kappa shape index (κ3) is 4.07. The second kappa shape index (κ2) is 8.65. The average molecular weight is 435 g/mol. The van der Waals surface area contributed by atoms with Gasteiger partial charge in [-0.15, -0.1) is 0 Å². The Balaban J connectivity index is 1.20. The molecule has 0 aliphatic carbocycles. The minimum absolute atomic E-state index is 0.0356. The van der Waals surface area contributed by atoms with Gasteiger partial charge in [0.15, 0.2) is 11.7 Å². The Kier molecular flexibility index (Phi) is 5.55. The van der Waals surface area contributed by atoms with Crippen molar-refractivity contribution in [3.63, 3.8) is 0 Å². The molecule has 0 radical (unpaired) electrons. The first kappa shape index (κ1) is 20.5. The quantitative estimate of drug-likeness (QED) is 0.590. The minimum Gasteiger partial charge on any atom is -0.441 e. The number of carbonyl (C=O) groups excluding carboxylic acids is 1. The smallest absolute Gasteiger partial charge is 0.320 e. The number of piperazine rings is 1. The molecule has 0 spiro atoms. The number of likely N-dealkylation sites (tertiary alicyclic amines) is 1. The Morgan fingerprint density at radius 2 is 1.72 bits per heavy atom. The van der Waals surface area contributed by atoms with Crippen molar-refractivity contribution < 1.29 is 13.6 Å². The third-order valence-electron chi connectivity index (χ3n) is 6.44. The molecule has 2 aromatic carbocycles. The molecule has 2 fully saturated rings. The molecule has 0 bridgehead atoms. The number of anilines is 1. The third-order valence-corrected chi connectivity index (χ3v) is 6.44. The van der Waals surface area contributed by atoms with Crippen LogP contribution in [0.15, 0.2) is 59.1 Å².